The molecule has 0 saturated heterocycles. The molecule has 1 amide bonds. The van der Waals surface area contributed by atoms with E-state index in [9.17, 15) is 9.18 Å². The number of amides is 1. The van der Waals surface area contributed by atoms with E-state index in [1.807, 2.05) is 34.9 Å². The fourth-order valence-electron chi connectivity index (χ4n) is 2.45. The first-order chi connectivity index (χ1) is 13.2. The van der Waals surface area contributed by atoms with Crippen LogP contribution in [0.2, 0.25) is 0 Å². The number of hydrogen-bond donors (Lipinski definition) is 1. The highest BCUT2D eigenvalue weighted by Gasteiger charge is 2.16. The van der Waals surface area contributed by atoms with Gasteiger partial charge in [-0.05, 0) is 29.8 Å². The summed E-state index contributed by atoms with van der Waals surface area (Å²) in [4.78, 5) is 11.8. The highest BCUT2D eigenvalue weighted by atomic mass is 32.2. The summed E-state index contributed by atoms with van der Waals surface area (Å²) in [6.45, 7) is 0.728. The van der Waals surface area contributed by atoms with E-state index in [0.717, 1.165) is 11.1 Å². The van der Waals surface area contributed by atoms with Crippen LogP contribution in [0.4, 0.5) is 4.39 Å². The predicted octanol–water partition coefficient (Wildman–Crippen LogP) is 2.97. The summed E-state index contributed by atoms with van der Waals surface area (Å²) in [5.74, 6) is 2.68. The van der Waals surface area contributed by atoms with Crippen LogP contribution in [-0.2, 0) is 11.3 Å². The van der Waals surface area contributed by atoms with Gasteiger partial charge in [0.15, 0.2) is 11.0 Å². The van der Waals surface area contributed by atoms with E-state index in [1.54, 1.807) is 12.1 Å². The van der Waals surface area contributed by atoms with Gasteiger partial charge in [-0.3, -0.25) is 9.36 Å². The lowest BCUT2D eigenvalue weighted by atomic mass is 10.2. The van der Waals surface area contributed by atoms with E-state index in [1.165, 1.54) is 23.9 Å². The van der Waals surface area contributed by atoms with E-state index >= 15 is 0 Å². The zero-order chi connectivity index (χ0) is 19.1. The molecule has 27 heavy (non-hydrogen) atoms. The molecule has 0 saturated carbocycles. The number of carbonyl (C=O) groups is 1. The highest BCUT2D eigenvalue weighted by molar-refractivity contribution is 7.99. The number of nitrogens with zero attached hydrogens (tertiary/aromatic N) is 3. The van der Waals surface area contributed by atoms with Crippen LogP contribution in [0.3, 0.4) is 0 Å². The van der Waals surface area contributed by atoms with Gasteiger partial charge in [0.05, 0.1) is 18.8 Å². The quantitative estimate of drug-likeness (QED) is 0.506. The summed E-state index contributed by atoms with van der Waals surface area (Å²) in [7, 11) is 0. The third-order valence-corrected chi connectivity index (χ3v) is 4.69. The zero-order valence-corrected chi connectivity index (χ0v) is 15.2. The van der Waals surface area contributed by atoms with Crippen LogP contribution >= 0.6 is 11.8 Å². The van der Waals surface area contributed by atoms with Crippen LogP contribution in [0.5, 0.6) is 0 Å². The first-order valence-electron chi connectivity index (χ1n) is 8.23. The van der Waals surface area contributed by atoms with Crippen LogP contribution in [-0.4, -0.2) is 33.0 Å². The number of aromatic nitrogens is 3. The maximum absolute atomic E-state index is 13.3. The number of rotatable bonds is 7. The van der Waals surface area contributed by atoms with Crippen LogP contribution in [0.15, 0.2) is 59.8 Å². The van der Waals surface area contributed by atoms with Gasteiger partial charge in [-0.2, -0.15) is 0 Å². The molecule has 0 fully saturated rings. The molecule has 0 aliphatic carbocycles. The molecule has 3 rings (SSSR count). The van der Waals surface area contributed by atoms with Crippen molar-refractivity contribution >= 4 is 17.7 Å². The molecule has 1 aromatic heterocycles. The Morgan fingerprint density at radius 1 is 1.15 bits per heavy atom. The number of thioether (sulfide) groups is 1. The number of terminal acetylenes is 1. The van der Waals surface area contributed by atoms with Gasteiger partial charge in [0, 0.05) is 5.56 Å². The summed E-state index contributed by atoms with van der Waals surface area (Å²) in [5.41, 5.74) is 1.82. The second-order valence-electron chi connectivity index (χ2n) is 5.65. The minimum Gasteiger partial charge on any atom is -0.344 e. The van der Waals surface area contributed by atoms with Crippen LogP contribution in [0, 0.1) is 18.2 Å². The summed E-state index contributed by atoms with van der Waals surface area (Å²) in [6, 6.07) is 16.0. The van der Waals surface area contributed by atoms with Gasteiger partial charge < -0.3 is 5.32 Å². The van der Waals surface area contributed by atoms with Crippen LogP contribution < -0.4 is 5.32 Å². The van der Waals surface area contributed by atoms with Crippen molar-refractivity contribution in [1.29, 1.82) is 0 Å². The normalized spacial score (nSPS) is 10.4. The van der Waals surface area contributed by atoms with E-state index in [2.05, 4.69) is 21.4 Å². The molecular weight excluding hydrogens is 363 g/mol. The Labute approximate surface area is 161 Å². The van der Waals surface area contributed by atoms with Crippen molar-refractivity contribution in [2.75, 3.05) is 12.3 Å². The number of carbonyl (C=O) groups excluding carboxylic acids is 1. The summed E-state index contributed by atoms with van der Waals surface area (Å²) in [6.07, 6.45) is 5.15. The lowest BCUT2D eigenvalue weighted by Crippen LogP contribution is -2.25. The minimum absolute atomic E-state index is 0.171. The third kappa shape index (κ3) is 4.96. The van der Waals surface area contributed by atoms with Gasteiger partial charge >= 0.3 is 0 Å². The summed E-state index contributed by atoms with van der Waals surface area (Å²) < 4.78 is 15.2. The molecule has 3 aromatic rings. The van der Waals surface area contributed by atoms with Gasteiger partial charge in [-0.25, -0.2) is 4.39 Å². The Morgan fingerprint density at radius 2 is 1.89 bits per heavy atom. The lowest BCUT2D eigenvalue weighted by Gasteiger charge is -2.10. The highest BCUT2D eigenvalue weighted by Crippen LogP contribution is 2.25. The molecule has 0 aliphatic heterocycles. The number of halogens is 1. The molecule has 7 heteroatoms. The second kappa shape index (κ2) is 9.01. The number of nitrogens with one attached hydrogen (secondary N) is 1. The average Bonchev–Trinajstić information content (AvgIpc) is 3.08. The smallest absolute Gasteiger partial charge is 0.231 e. The van der Waals surface area contributed by atoms with Gasteiger partial charge in [0.2, 0.25) is 5.91 Å². The van der Waals surface area contributed by atoms with Crippen molar-refractivity contribution in [3.63, 3.8) is 0 Å². The Balaban J connectivity index is 1.87. The first kappa shape index (κ1) is 18.7. The number of benzene rings is 2. The fraction of sp³-hybridized carbons (Fsp3) is 0.150. The topological polar surface area (TPSA) is 59.8 Å². The van der Waals surface area contributed by atoms with E-state index in [4.69, 9.17) is 6.42 Å². The molecule has 0 bridgehead atoms. The monoisotopic (exact) mass is 380 g/mol. The van der Waals surface area contributed by atoms with E-state index < -0.39 is 0 Å². The van der Waals surface area contributed by atoms with Crippen molar-refractivity contribution in [3.05, 3.63) is 66.0 Å². The van der Waals surface area contributed by atoms with Crippen molar-refractivity contribution in [3.8, 4) is 23.7 Å². The molecule has 136 valence electrons. The molecule has 0 radical (unpaired) electrons. The predicted molar refractivity (Wildman–Crippen MR) is 104 cm³/mol. The molecule has 1 N–H and O–H groups in total. The molecule has 0 spiro atoms. The molecule has 1 heterocycles. The Hall–Kier alpha value is -3.11. The third-order valence-electron chi connectivity index (χ3n) is 3.72. The van der Waals surface area contributed by atoms with Gasteiger partial charge in [-0.15, -0.1) is 16.6 Å². The molecule has 0 aliphatic rings. The Kier molecular flexibility index (Phi) is 6.23. The maximum Gasteiger partial charge on any atom is 0.231 e. The molecule has 0 unspecified atom stereocenters. The van der Waals surface area contributed by atoms with Crippen LogP contribution in [0.25, 0.3) is 11.4 Å². The van der Waals surface area contributed by atoms with Gasteiger partial charge in [0.25, 0.3) is 0 Å². The largest absolute Gasteiger partial charge is 0.344 e. The number of hydrogen-bond acceptors (Lipinski definition) is 4. The van der Waals surface area contributed by atoms with Crippen molar-refractivity contribution in [1.82, 2.24) is 20.1 Å². The molecular formula is C20H17FN4OS. The minimum atomic E-state index is -0.312. The molecule has 5 nitrogen and oxygen atoms in total. The molecule has 2 aromatic carbocycles. The van der Waals surface area contributed by atoms with E-state index in [0.29, 0.717) is 17.5 Å². The molecule has 0 atom stereocenters. The Bertz CT molecular complexity index is 948. The second-order valence-corrected chi connectivity index (χ2v) is 6.60. The standard InChI is InChI=1S/C20H17FN4OS/c1-2-12-22-18(26)14-27-20-24-23-19(16-8-10-17(21)11-9-16)25(20)13-15-6-4-3-5-7-15/h1,3-11H,12-14H2,(H,22,26). The van der Waals surface area contributed by atoms with Crippen LogP contribution in [0.1, 0.15) is 5.56 Å². The summed E-state index contributed by atoms with van der Waals surface area (Å²) >= 11 is 1.28. The zero-order valence-electron chi connectivity index (χ0n) is 14.4. The summed E-state index contributed by atoms with van der Waals surface area (Å²) in [5, 5.41) is 11.7. The van der Waals surface area contributed by atoms with Crippen molar-refractivity contribution < 1.29 is 9.18 Å². The van der Waals surface area contributed by atoms with Gasteiger partial charge in [0.1, 0.15) is 5.82 Å². The van der Waals surface area contributed by atoms with E-state index in [-0.39, 0.29) is 24.0 Å². The lowest BCUT2D eigenvalue weighted by molar-refractivity contribution is -0.118. The fourth-order valence-corrected chi connectivity index (χ4v) is 3.21. The SMILES string of the molecule is C#CCNC(=O)CSc1nnc(-c2ccc(F)cc2)n1Cc1ccccc1. The van der Waals surface area contributed by atoms with Gasteiger partial charge in [-0.1, -0.05) is 48.0 Å². The van der Waals surface area contributed by atoms with Crippen molar-refractivity contribution in [2.45, 2.75) is 11.7 Å². The maximum atomic E-state index is 13.3. The Morgan fingerprint density at radius 3 is 2.59 bits per heavy atom. The van der Waals surface area contributed by atoms with Crippen molar-refractivity contribution in [2.24, 2.45) is 0 Å². The first-order valence-corrected chi connectivity index (χ1v) is 9.22. The average molecular weight is 380 g/mol.